The molecule has 1 aromatic rings. The third-order valence-electron chi connectivity index (χ3n) is 5.15. The summed E-state index contributed by atoms with van der Waals surface area (Å²) in [7, 11) is 0. The van der Waals surface area contributed by atoms with Gasteiger partial charge in [0.2, 0.25) is 0 Å². The van der Waals surface area contributed by atoms with Crippen LogP contribution in [0.25, 0.3) is 0 Å². The van der Waals surface area contributed by atoms with Crippen LogP contribution < -0.4 is 0 Å². The van der Waals surface area contributed by atoms with Gasteiger partial charge in [-0.1, -0.05) is 39.8 Å². The minimum Gasteiger partial charge on any atom is -0.508 e. The van der Waals surface area contributed by atoms with Crippen LogP contribution in [0.5, 0.6) is 5.75 Å². The molecular formula is C23H32O7. The van der Waals surface area contributed by atoms with Crippen LogP contribution in [0, 0.1) is 23.7 Å². The van der Waals surface area contributed by atoms with Gasteiger partial charge in [-0.05, 0) is 36.5 Å². The van der Waals surface area contributed by atoms with Gasteiger partial charge in [-0.3, -0.25) is 14.4 Å². The Morgan fingerprint density at radius 3 is 2.20 bits per heavy atom. The van der Waals surface area contributed by atoms with E-state index in [2.05, 4.69) is 0 Å². The normalized spacial score (nSPS) is 26.7. The van der Waals surface area contributed by atoms with E-state index in [4.69, 9.17) is 9.47 Å². The number of hydrogen-bond acceptors (Lipinski definition) is 7. The molecule has 0 heterocycles. The molecule has 2 rings (SSSR count). The Morgan fingerprint density at radius 2 is 1.67 bits per heavy atom. The summed E-state index contributed by atoms with van der Waals surface area (Å²) < 4.78 is 10.7. The highest BCUT2D eigenvalue weighted by Gasteiger charge is 2.57. The molecule has 0 bridgehead atoms. The third kappa shape index (κ3) is 5.59. The van der Waals surface area contributed by atoms with Crippen LogP contribution in [0.3, 0.4) is 0 Å². The number of ketones is 1. The first kappa shape index (κ1) is 23.9. The van der Waals surface area contributed by atoms with Crippen LogP contribution in [0.15, 0.2) is 24.3 Å². The standard InChI is InChI=1S/C23H32O7/c1-13(2)11-29-21(26)19-17(25)10-23(5,28)20(22(27)30-12-14(3)4)18(19)15-7-6-8-16(24)9-15/h6-9,13-14,18-20,24,28H,10-12H2,1-5H3. The maximum atomic E-state index is 13.0. The summed E-state index contributed by atoms with van der Waals surface area (Å²) in [6.07, 6.45) is -0.370. The Bertz CT molecular complexity index is 782. The van der Waals surface area contributed by atoms with Crippen LogP contribution in [-0.4, -0.2) is 46.7 Å². The molecule has 7 heteroatoms. The maximum absolute atomic E-state index is 13.0. The maximum Gasteiger partial charge on any atom is 0.317 e. The fourth-order valence-electron chi connectivity index (χ4n) is 3.82. The molecule has 30 heavy (non-hydrogen) atoms. The van der Waals surface area contributed by atoms with E-state index in [1.54, 1.807) is 12.1 Å². The summed E-state index contributed by atoms with van der Waals surface area (Å²) in [5.74, 6) is -5.32. The molecule has 2 N–H and O–H groups in total. The Kier molecular flexibility index (Phi) is 7.64. The van der Waals surface area contributed by atoms with Crippen molar-refractivity contribution in [1.29, 1.82) is 0 Å². The van der Waals surface area contributed by atoms with E-state index >= 15 is 0 Å². The van der Waals surface area contributed by atoms with E-state index < -0.39 is 41.1 Å². The van der Waals surface area contributed by atoms with Gasteiger partial charge in [0.25, 0.3) is 0 Å². The van der Waals surface area contributed by atoms with Crippen LogP contribution >= 0.6 is 0 Å². The first-order chi connectivity index (χ1) is 13.9. The largest absolute Gasteiger partial charge is 0.508 e. The molecule has 1 fully saturated rings. The van der Waals surface area contributed by atoms with Crippen molar-refractivity contribution in [3.05, 3.63) is 29.8 Å². The number of phenols is 1. The number of benzene rings is 1. The quantitative estimate of drug-likeness (QED) is 0.515. The first-order valence-electron chi connectivity index (χ1n) is 10.3. The molecule has 0 saturated heterocycles. The van der Waals surface area contributed by atoms with Crippen molar-refractivity contribution in [3.8, 4) is 5.75 Å². The van der Waals surface area contributed by atoms with Crippen LogP contribution in [0.1, 0.15) is 52.5 Å². The lowest BCUT2D eigenvalue weighted by molar-refractivity contribution is -0.174. The van der Waals surface area contributed by atoms with Gasteiger partial charge < -0.3 is 19.7 Å². The number of aliphatic hydroxyl groups is 1. The van der Waals surface area contributed by atoms with Crippen molar-refractivity contribution in [2.24, 2.45) is 23.7 Å². The highest BCUT2D eigenvalue weighted by atomic mass is 16.5. The van der Waals surface area contributed by atoms with E-state index in [9.17, 15) is 24.6 Å². The average Bonchev–Trinajstić information content (AvgIpc) is 2.62. The Hall–Kier alpha value is -2.41. The molecule has 4 atom stereocenters. The Labute approximate surface area is 177 Å². The minimum atomic E-state index is -1.71. The molecule has 1 aliphatic carbocycles. The number of esters is 2. The number of carbonyl (C=O) groups excluding carboxylic acids is 3. The van der Waals surface area contributed by atoms with Gasteiger partial charge in [0.05, 0.1) is 24.7 Å². The number of ether oxygens (including phenoxy) is 2. The van der Waals surface area contributed by atoms with Gasteiger partial charge in [0.15, 0.2) is 5.78 Å². The highest BCUT2D eigenvalue weighted by Crippen LogP contribution is 2.47. The summed E-state index contributed by atoms with van der Waals surface area (Å²) in [4.78, 5) is 38.8. The number of carbonyl (C=O) groups is 3. The van der Waals surface area contributed by atoms with Crippen LogP contribution in [0.2, 0.25) is 0 Å². The Balaban J connectivity index is 2.53. The minimum absolute atomic E-state index is 0.0711. The van der Waals surface area contributed by atoms with Gasteiger partial charge in [-0.25, -0.2) is 0 Å². The molecule has 0 aliphatic heterocycles. The molecule has 7 nitrogen and oxygen atoms in total. The predicted octanol–water partition coefficient (Wildman–Crippen LogP) is 2.83. The molecule has 1 aromatic carbocycles. The summed E-state index contributed by atoms with van der Waals surface area (Å²) in [5.41, 5.74) is -1.32. The zero-order valence-corrected chi connectivity index (χ0v) is 18.3. The number of rotatable bonds is 7. The van der Waals surface area contributed by atoms with Crippen LogP contribution in [-0.2, 0) is 23.9 Å². The fourth-order valence-corrected chi connectivity index (χ4v) is 3.82. The lowest BCUT2D eigenvalue weighted by atomic mass is 9.61. The molecule has 1 saturated carbocycles. The smallest absolute Gasteiger partial charge is 0.317 e. The van der Waals surface area contributed by atoms with E-state index in [1.165, 1.54) is 19.1 Å². The summed E-state index contributed by atoms with van der Waals surface area (Å²) in [5, 5.41) is 21.0. The average molecular weight is 421 g/mol. The first-order valence-corrected chi connectivity index (χ1v) is 10.3. The van der Waals surface area contributed by atoms with Crippen molar-refractivity contribution in [2.75, 3.05) is 13.2 Å². The second-order valence-electron chi connectivity index (χ2n) is 9.12. The Morgan fingerprint density at radius 1 is 1.10 bits per heavy atom. The van der Waals surface area contributed by atoms with Crippen molar-refractivity contribution < 1.29 is 34.1 Å². The van der Waals surface area contributed by atoms with E-state index in [-0.39, 0.29) is 37.2 Å². The molecule has 4 unspecified atom stereocenters. The second-order valence-corrected chi connectivity index (χ2v) is 9.12. The van der Waals surface area contributed by atoms with Gasteiger partial charge >= 0.3 is 11.9 Å². The van der Waals surface area contributed by atoms with Crippen molar-refractivity contribution >= 4 is 17.7 Å². The fraction of sp³-hybridized carbons (Fsp3) is 0.609. The molecule has 0 spiro atoms. The number of aromatic hydroxyl groups is 1. The molecule has 0 radical (unpaired) electrons. The third-order valence-corrected chi connectivity index (χ3v) is 5.15. The lowest BCUT2D eigenvalue weighted by Gasteiger charge is -2.43. The summed E-state index contributed by atoms with van der Waals surface area (Å²) in [6.45, 7) is 9.20. The highest BCUT2D eigenvalue weighted by molar-refractivity contribution is 6.02. The topological polar surface area (TPSA) is 110 Å². The van der Waals surface area contributed by atoms with E-state index in [0.29, 0.717) is 5.56 Å². The number of hydrogen-bond donors (Lipinski definition) is 2. The van der Waals surface area contributed by atoms with Gasteiger partial charge in [-0.15, -0.1) is 0 Å². The summed E-state index contributed by atoms with van der Waals surface area (Å²) >= 11 is 0. The lowest BCUT2D eigenvalue weighted by Crippen LogP contribution is -2.55. The zero-order valence-electron chi connectivity index (χ0n) is 18.3. The molecular weight excluding hydrogens is 388 g/mol. The van der Waals surface area contributed by atoms with Crippen molar-refractivity contribution in [2.45, 2.75) is 52.6 Å². The van der Waals surface area contributed by atoms with Crippen LogP contribution in [0.4, 0.5) is 0 Å². The number of Topliss-reactive ketones (excluding diaryl/α,β-unsaturated/α-hetero) is 1. The zero-order chi connectivity index (χ0) is 22.6. The van der Waals surface area contributed by atoms with Gasteiger partial charge in [0, 0.05) is 12.3 Å². The van der Waals surface area contributed by atoms with Gasteiger partial charge in [-0.2, -0.15) is 0 Å². The number of phenolic OH excluding ortho intramolecular Hbond substituents is 1. The SMILES string of the molecule is CC(C)COC(=O)C1C(=O)CC(C)(O)C(C(=O)OCC(C)C)C1c1cccc(O)c1. The summed E-state index contributed by atoms with van der Waals surface area (Å²) in [6, 6.07) is 6.02. The van der Waals surface area contributed by atoms with Crippen molar-refractivity contribution in [1.82, 2.24) is 0 Å². The van der Waals surface area contributed by atoms with E-state index in [0.717, 1.165) is 0 Å². The molecule has 166 valence electrons. The van der Waals surface area contributed by atoms with E-state index in [1.807, 2.05) is 27.7 Å². The monoisotopic (exact) mass is 420 g/mol. The molecule has 1 aliphatic rings. The molecule has 0 aromatic heterocycles. The van der Waals surface area contributed by atoms with Crippen molar-refractivity contribution in [3.63, 3.8) is 0 Å². The second kappa shape index (κ2) is 9.60. The predicted molar refractivity (Wildman–Crippen MR) is 110 cm³/mol. The van der Waals surface area contributed by atoms with Gasteiger partial charge in [0.1, 0.15) is 11.7 Å². The molecule has 0 amide bonds.